The van der Waals surface area contributed by atoms with E-state index in [1.165, 1.54) is 17.8 Å². The van der Waals surface area contributed by atoms with Gasteiger partial charge in [0.05, 0.1) is 22.8 Å². The number of aromatic nitrogens is 4. The predicted molar refractivity (Wildman–Crippen MR) is 166 cm³/mol. The Morgan fingerprint density at radius 3 is 2.70 bits per heavy atom. The molecule has 12 heteroatoms. The Balaban J connectivity index is 1.43. The first-order chi connectivity index (χ1) is 21.3. The van der Waals surface area contributed by atoms with Crippen LogP contribution in [0.15, 0.2) is 42.7 Å². The van der Waals surface area contributed by atoms with Crippen LogP contribution in [-0.4, -0.2) is 64.8 Å². The smallest absolute Gasteiger partial charge is 0.246 e. The molecule has 1 fully saturated rings. The van der Waals surface area contributed by atoms with Crippen molar-refractivity contribution in [2.75, 3.05) is 44.7 Å². The number of anilines is 1. The van der Waals surface area contributed by atoms with Crippen LogP contribution in [0.25, 0.3) is 21.8 Å². The molecule has 2 aromatic carbocycles. The van der Waals surface area contributed by atoms with Gasteiger partial charge < -0.3 is 19.7 Å². The first-order valence-corrected chi connectivity index (χ1v) is 14.8. The fraction of sp³-hybridized carbons (Fsp3) is 0.312. The van der Waals surface area contributed by atoms with Crippen molar-refractivity contribution < 1.29 is 13.9 Å². The van der Waals surface area contributed by atoms with E-state index >= 15 is 0 Å². The zero-order chi connectivity index (χ0) is 30.6. The van der Waals surface area contributed by atoms with E-state index in [2.05, 4.69) is 63.3 Å². The summed E-state index contributed by atoms with van der Waals surface area (Å²) in [6.07, 6.45) is 3.89. The first-order valence-electron chi connectivity index (χ1n) is 14.5. The molecule has 224 valence electrons. The highest BCUT2D eigenvalue weighted by Crippen LogP contribution is 2.44. The molecule has 1 saturated heterocycles. The molecule has 0 spiro atoms. The van der Waals surface area contributed by atoms with E-state index in [9.17, 15) is 9.65 Å². The van der Waals surface area contributed by atoms with Gasteiger partial charge >= 0.3 is 0 Å². The van der Waals surface area contributed by atoms with E-state index in [0.717, 1.165) is 31.6 Å². The standard InChI is InChI=1S/C32H30ClFN8O2/c1-32(2)22-5-4-6-25(18(22)8-12-41(32)3)43-30-20(16-35)28(42-13-10-36-11-14-42)19-7-9-37-31(27(19)39-30)44-29-21-17-38-40-24(21)15-23(34)26(29)33/h4-7,9,15,17,36H,8,10-14H2,1-3H3,(H,38,40). The van der Waals surface area contributed by atoms with Gasteiger partial charge in [0.25, 0.3) is 0 Å². The summed E-state index contributed by atoms with van der Waals surface area (Å²) in [6, 6.07) is 11.5. The summed E-state index contributed by atoms with van der Waals surface area (Å²) in [7, 11) is 2.12. The first kappa shape index (κ1) is 28.3. The summed E-state index contributed by atoms with van der Waals surface area (Å²) in [5.41, 5.74) is 3.85. The second-order valence-electron chi connectivity index (χ2n) is 11.6. The van der Waals surface area contributed by atoms with E-state index in [-0.39, 0.29) is 28.1 Å². The number of pyridine rings is 2. The van der Waals surface area contributed by atoms with Gasteiger partial charge in [-0.3, -0.25) is 10.00 Å². The fourth-order valence-electron chi connectivity index (χ4n) is 6.15. The Labute approximate surface area is 258 Å². The van der Waals surface area contributed by atoms with Crippen LogP contribution in [0, 0.1) is 17.1 Å². The van der Waals surface area contributed by atoms with Crippen LogP contribution in [0.1, 0.15) is 30.5 Å². The summed E-state index contributed by atoms with van der Waals surface area (Å²) >= 11 is 6.39. The third-order valence-electron chi connectivity index (χ3n) is 8.80. The normalized spacial score (nSPS) is 16.6. The minimum Gasteiger partial charge on any atom is -0.437 e. The van der Waals surface area contributed by atoms with E-state index < -0.39 is 5.82 Å². The molecule has 0 aliphatic carbocycles. The van der Waals surface area contributed by atoms with Crippen LogP contribution in [0.4, 0.5) is 10.1 Å². The summed E-state index contributed by atoms with van der Waals surface area (Å²) in [6.45, 7) is 8.11. The van der Waals surface area contributed by atoms with Gasteiger partial charge in [0, 0.05) is 61.5 Å². The molecule has 0 amide bonds. The molecule has 5 aromatic rings. The number of halogens is 2. The molecule has 7 rings (SSSR count). The molecule has 0 saturated carbocycles. The number of H-pyrrole nitrogens is 1. The van der Waals surface area contributed by atoms with Gasteiger partial charge in [0.15, 0.2) is 5.75 Å². The maximum Gasteiger partial charge on any atom is 0.246 e. The predicted octanol–water partition coefficient (Wildman–Crippen LogP) is 5.89. The van der Waals surface area contributed by atoms with Gasteiger partial charge in [-0.15, -0.1) is 0 Å². The molecule has 0 bridgehead atoms. The molecule has 5 heterocycles. The van der Waals surface area contributed by atoms with Crippen molar-refractivity contribution in [3.8, 4) is 29.3 Å². The Morgan fingerprint density at radius 2 is 1.91 bits per heavy atom. The molecule has 3 aromatic heterocycles. The maximum atomic E-state index is 14.8. The van der Waals surface area contributed by atoms with Crippen LogP contribution < -0.4 is 19.7 Å². The molecule has 0 atom stereocenters. The average Bonchev–Trinajstić information content (AvgIpc) is 3.49. The molecule has 0 unspecified atom stereocenters. The van der Waals surface area contributed by atoms with Crippen LogP contribution in [-0.2, 0) is 12.0 Å². The second kappa shape index (κ2) is 10.9. The number of rotatable bonds is 5. The van der Waals surface area contributed by atoms with Gasteiger partial charge in [-0.1, -0.05) is 23.7 Å². The lowest BCUT2D eigenvalue weighted by atomic mass is 9.83. The Hall–Kier alpha value is -4.50. The van der Waals surface area contributed by atoms with E-state index in [1.807, 2.05) is 12.1 Å². The summed E-state index contributed by atoms with van der Waals surface area (Å²) < 4.78 is 27.6. The van der Waals surface area contributed by atoms with Crippen molar-refractivity contribution in [1.29, 1.82) is 5.26 Å². The van der Waals surface area contributed by atoms with Gasteiger partial charge in [0.2, 0.25) is 11.8 Å². The quantitative estimate of drug-likeness (QED) is 0.251. The monoisotopic (exact) mass is 612 g/mol. The zero-order valence-electron chi connectivity index (χ0n) is 24.5. The largest absolute Gasteiger partial charge is 0.437 e. The fourth-order valence-corrected chi connectivity index (χ4v) is 6.35. The van der Waals surface area contributed by atoms with Crippen LogP contribution in [0.2, 0.25) is 5.02 Å². The number of aromatic amines is 1. The lowest BCUT2D eigenvalue weighted by molar-refractivity contribution is 0.142. The number of nitrogens with zero attached hydrogens (tertiary/aromatic N) is 6. The van der Waals surface area contributed by atoms with Crippen molar-refractivity contribution in [2.24, 2.45) is 0 Å². The second-order valence-corrected chi connectivity index (χ2v) is 11.9. The number of nitriles is 1. The summed E-state index contributed by atoms with van der Waals surface area (Å²) in [4.78, 5) is 13.8. The molecule has 2 N–H and O–H groups in total. The zero-order valence-corrected chi connectivity index (χ0v) is 25.3. The summed E-state index contributed by atoms with van der Waals surface area (Å²) in [5.74, 6) is 0.303. The van der Waals surface area contributed by atoms with Crippen molar-refractivity contribution in [2.45, 2.75) is 25.8 Å². The molecule has 10 nitrogen and oxygen atoms in total. The SMILES string of the molecule is CN1CCc2c(Oc3nc4c(Oc5c(Cl)c(F)cc6[nH]ncc56)nccc4c(N4CCNCC4)c3C#N)cccc2C1(C)C. The third-order valence-corrected chi connectivity index (χ3v) is 9.15. The molecule has 44 heavy (non-hydrogen) atoms. The van der Waals surface area contributed by atoms with Gasteiger partial charge in [-0.2, -0.15) is 10.4 Å². The third kappa shape index (κ3) is 4.57. The number of fused-ring (bicyclic) bond motifs is 3. The van der Waals surface area contributed by atoms with Crippen molar-refractivity contribution >= 4 is 39.1 Å². The molecular weight excluding hydrogens is 583 g/mol. The number of hydrogen-bond acceptors (Lipinski definition) is 9. The van der Waals surface area contributed by atoms with Crippen molar-refractivity contribution in [3.05, 3.63) is 70.3 Å². The number of piperazine rings is 1. The van der Waals surface area contributed by atoms with E-state index in [4.69, 9.17) is 26.1 Å². The molecule has 0 radical (unpaired) electrons. The van der Waals surface area contributed by atoms with E-state index in [1.54, 1.807) is 12.3 Å². The highest BCUT2D eigenvalue weighted by molar-refractivity contribution is 6.33. The lowest BCUT2D eigenvalue weighted by Crippen LogP contribution is -2.44. The minimum atomic E-state index is -0.661. The average molecular weight is 613 g/mol. The molecular formula is C32H30ClFN8O2. The number of benzene rings is 2. The van der Waals surface area contributed by atoms with E-state index in [0.29, 0.717) is 51.9 Å². The number of nitrogens with one attached hydrogen (secondary N) is 2. The minimum absolute atomic E-state index is 0.0660. The number of ether oxygens (including phenoxy) is 2. The van der Waals surface area contributed by atoms with Crippen molar-refractivity contribution in [1.82, 2.24) is 30.4 Å². The van der Waals surface area contributed by atoms with Gasteiger partial charge in [0.1, 0.15) is 33.7 Å². The van der Waals surface area contributed by atoms with Crippen LogP contribution >= 0.6 is 11.6 Å². The van der Waals surface area contributed by atoms with Crippen molar-refractivity contribution in [3.63, 3.8) is 0 Å². The van der Waals surface area contributed by atoms with Gasteiger partial charge in [-0.25, -0.2) is 14.4 Å². The van der Waals surface area contributed by atoms with Gasteiger partial charge in [-0.05, 0) is 45.0 Å². The number of hydrogen-bond donors (Lipinski definition) is 2. The Kier molecular flexibility index (Phi) is 7.00. The van der Waals surface area contributed by atoms with Crippen LogP contribution in [0.3, 0.4) is 0 Å². The molecule has 2 aliphatic rings. The Bertz CT molecular complexity index is 1960. The highest BCUT2D eigenvalue weighted by atomic mass is 35.5. The highest BCUT2D eigenvalue weighted by Gasteiger charge is 2.34. The maximum absolute atomic E-state index is 14.8. The number of likely N-dealkylation sites (N-methyl/N-ethyl adjacent to an activating group) is 1. The molecule has 2 aliphatic heterocycles. The summed E-state index contributed by atoms with van der Waals surface area (Å²) in [5, 5.41) is 21.6. The lowest BCUT2D eigenvalue weighted by Gasteiger charge is -2.42. The topological polar surface area (TPSA) is 115 Å². The van der Waals surface area contributed by atoms with Crippen LogP contribution in [0.5, 0.6) is 23.3 Å². The Morgan fingerprint density at radius 1 is 1.09 bits per heavy atom.